The van der Waals surface area contributed by atoms with Crippen LogP contribution in [-0.4, -0.2) is 47.1 Å². The summed E-state index contributed by atoms with van der Waals surface area (Å²) in [4.78, 5) is 14.3. The third kappa shape index (κ3) is 3.04. The number of nitrogens with zero attached hydrogens (tertiary/aromatic N) is 4. The zero-order valence-corrected chi connectivity index (χ0v) is 13.3. The Balaban J connectivity index is 1.74. The van der Waals surface area contributed by atoms with Crippen molar-refractivity contribution in [1.82, 2.24) is 14.9 Å². The van der Waals surface area contributed by atoms with Crippen LogP contribution in [-0.2, 0) is 6.54 Å². The molecule has 0 aromatic carbocycles. The van der Waals surface area contributed by atoms with Gasteiger partial charge in [-0.1, -0.05) is 13.8 Å². The quantitative estimate of drug-likeness (QED) is 0.915. The lowest BCUT2D eigenvalue weighted by Gasteiger charge is -2.25. The zero-order valence-electron chi connectivity index (χ0n) is 13.3. The molecule has 2 fully saturated rings. The molecule has 0 amide bonds. The van der Waals surface area contributed by atoms with Gasteiger partial charge in [0.2, 0.25) is 0 Å². The average Bonchev–Trinajstić information content (AvgIpc) is 3.17. The van der Waals surface area contributed by atoms with Crippen molar-refractivity contribution in [3.63, 3.8) is 0 Å². The molecular weight excluding hydrogens is 262 g/mol. The van der Waals surface area contributed by atoms with E-state index in [4.69, 9.17) is 5.73 Å². The molecule has 2 aliphatic rings. The Kier molecular flexibility index (Phi) is 4.40. The van der Waals surface area contributed by atoms with E-state index in [0.29, 0.717) is 18.5 Å². The molecule has 3 heterocycles. The van der Waals surface area contributed by atoms with Crippen LogP contribution in [0.3, 0.4) is 0 Å². The Morgan fingerprint density at radius 2 is 2.05 bits per heavy atom. The van der Waals surface area contributed by atoms with Crippen LogP contribution < -0.4 is 10.6 Å². The molecule has 2 saturated heterocycles. The van der Waals surface area contributed by atoms with Gasteiger partial charge in [-0.3, -0.25) is 4.90 Å². The van der Waals surface area contributed by atoms with Gasteiger partial charge >= 0.3 is 0 Å². The van der Waals surface area contributed by atoms with Crippen LogP contribution in [0.15, 0.2) is 6.20 Å². The second kappa shape index (κ2) is 6.28. The second-order valence-corrected chi connectivity index (χ2v) is 6.55. The summed E-state index contributed by atoms with van der Waals surface area (Å²) < 4.78 is 0. The highest BCUT2D eigenvalue weighted by Crippen LogP contribution is 2.27. The number of hydrogen-bond acceptors (Lipinski definition) is 5. The summed E-state index contributed by atoms with van der Waals surface area (Å²) >= 11 is 0. The Bertz CT molecular complexity index is 482. The fraction of sp³-hybridized carbons (Fsp3) is 0.750. The molecule has 0 spiro atoms. The molecule has 21 heavy (non-hydrogen) atoms. The summed E-state index contributed by atoms with van der Waals surface area (Å²) in [5, 5.41) is 0. The first-order valence-electron chi connectivity index (χ1n) is 8.24. The molecule has 1 aromatic rings. The van der Waals surface area contributed by atoms with Crippen LogP contribution >= 0.6 is 0 Å². The van der Waals surface area contributed by atoms with Crippen LogP contribution in [0, 0.1) is 0 Å². The Morgan fingerprint density at radius 1 is 1.29 bits per heavy atom. The van der Waals surface area contributed by atoms with Crippen LogP contribution in [0.2, 0.25) is 0 Å². The van der Waals surface area contributed by atoms with Gasteiger partial charge in [0.05, 0.1) is 17.6 Å². The van der Waals surface area contributed by atoms with E-state index in [1.54, 1.807) is 0 Å². The Morgan fingerprint density at radius 3 is 2.71 bits per heavy atom. The van der Waals surface area contributed by atoms with E-state index in [9.17, 15) is 0 Å². The maximum absolute atomic E-state index is 5.92. The van der Waals surface area contributed by atoms with Crippen molar-refractivity contribution in [3.8, 4) is 0 Å². The van der Waals surface area contributed by atoms with Gasteiger partial charge < -0.3 is 10.6 Å². The lowest BCUT2D eigenvalue weighted by atomic mass is 10.2. The van der Waals surface area contributed by atoms with Crippen molar-refractivity contribution < 1.29 is 0 Å². The number of hydrogen-bond donors (Lipinski definition) is 1. The summed E-state index contributed by atoms with van der Waals surface area (Å²) in [6.07, 6.45) is 5.94. The summed E-state index contributed by atoms with van der Waals surface area (Å²) in [6, 6.07) is 0.697. The van der Waals surface area contributed by atoms with Gasteiger partial charge in [-0.05, 0) is 32.4 Å². The van der Waals surface area contributed by atoms with Crippen molar-refractivity contribution in [2.45, 2.75) is 51.6 Å². The van der Waals surface area contributed by atoms with E-state index >= 15 is 0 Å². The van der Waals surface area contributed by atoms with Crippen molar-refractivity contribution in [1.29, 1.82) is 0 Å². The fourth-order valence-corrected chi connectivity index (χ4v) is 3.48. The van der Waals surface area contributed by atoms with Crippen LogP contribution in [0.4, 0.5) is 5.69 Å². The van der Waals surface area contributed by atoms with Gasteiger partial charge in [-0.15, -0.1) is 0 Å². The SMILES string of the molecule is CC(C)c1ncc(N2CCC(N3CCCC3)C2)c(CN)n1. The van der Waals surface area contributed by atoms with Gasteiger partial charge in [0.15, 0.2) is 0 Å². The minimum Gasteiger partial charge on any atom is -0.367 e. The molecule has 1 unspecified atom stereocenters. The van der Waals surface area contributed by atoms with Crippen molar-refractivity contribution in [2.75, 3.05) is 31.1 Å². The highest BCUT2D eigenvalue weighted by molar-refractivity contribution is 5.50. The largest absolute Gasteiger partial charge is 0.367 e. The molecule has 0 aliphatic carbocycles. The standard InChI is InChI=1S/C16H27N5/c1-12(2)16-18-10-15(14(9-17)19-16)21-8-5-13(11-21)20-6-3-4-7-20/h10,12-13H,3-9,11,17H2,1-2H3. The Labute approximate surface area is 127 Å². The molecule has 0 radical (unpaired) electrons. The third-order valence-electron chi connectivity index (χ3n) is 4.74. The van der Waals surface area contributed by atoms with E-state index < -0.39 is 0 Å². The molecule has 5 nitrogen and oxygen atoms in total. The number of nitrogens with two attached hydrogens (primary N) is 1. The summed E-state index contributed by atoms with van der Waals surface area (Å²) in [5.41, 5.74) is 8.06. The van der Waals surface area contributed by atoms with Crippen molar-refractivity contribution in [3.05, 3.63) is 17.7 Å². The predicted molar refractivity (Wildman–Crippen MR) is 85.4 cm³/mol. The van der Waals surface area contributed by atoms with Gasteiger partial charge in [-0.25, -0.2) is 9.97 Å². The fourth-order valence-electron chi connectivity index (χ4n) is 3.48. The molecule has 5 heteroatoms. The highest BCUT2D eigenvalue weighted by Gasteiger charge is 2.30. The number of anilines is 1. The predicted octanol–water partition coefficient (Wildman–Crippen LogP) is 1.73. The third-order valence-corrected chi connectivity index (χ3v) is 4.74. The molecule has 2 N–H and O–H groups in total. The average molecular weight is 289 g/mol. The smallest absolute Gasteiger partial charge is 0.131 e. The topological polar surface area (TPSA) is 58.3 Å². The molecule has 116 valence electrons. The molecule has 1 atom stereocenters. The lowest BCUT2D eigenvalue weighted by molar-refractivity contribution is 0.260. The number of rotatable bonds is 4. The summed E-state index contributed by atoms with van der Waals surface area (Å²) in [7, 11) is 0. The minimum absolute atomic E-state index is 0.347. The van der Waals surface area contributed by atoms with Gasteiger partial charge in [0, 0.05) is 31.6 Å². The molecule has 2 aliphatic heterocycles. The zero-order chi connectivity index (χ0) is 14.8. The van der Waals surface area contributed by atoms with E-state index in [1.165, 1.54) is 32.4 Å². The van der Waals surface area contributed by atoms with E-state index in [-0.39, 0.29) is 0 Å². The molecule has 3 rings (SSSR count). The molecular formula is C16H27N5. The van der Waals surface area contributed by atoms with E-state index in [0.717, 1.165) is 30.3 Å². The van der Waals surface area contributed by atoms with E-state index in [1.807, 2.05) is 6.20 Å². The maximum Gasteiger partial charge on any atom is 0.131 e. The van der Waals surface area contributed by atoms with Crippen molar-refractivity contribution in [2.24, 2.45) is 5.73 Å². The van der Waals surface area contributed by atoms with Gasteiger partial charge in [0.25, 0.3) is 0 Å². The van der Waals surface area contributed by atoms with Crippen LogP contribution in [0.1, 0.15) is 50.5 Å². The molecule has 0 saturated carbocycles. The van der Waals surface area contributed by atoms with Gasteiger partial charge in [-0.2, -0.15) is 0 Å². The van der Waals surface area contributed by atoms with Crippen LogP contribution in [0.25, 0.3) is 0 Å². The number of likely N-dealkylation sites (tertiary alicyclic amines) is 1. The Hall–Kier alpha value is -1.20. The van der Waals surface area contributed by atoms with Gasteiger partial charge in [0.1, 0.15) is 5.82 Å². The van der Waals surface area contributed by atoms with E-state index in [2.05, 4.69) is 33.6 Å². The molecule has 1 aromatic heterocycles. The monoisotopic (exact) mass is 289 g/mol. The maximum atomic E-state index is 5.92. The lowest BCUT2D eigenvalue weighted by Crippen LogP contribution is -2.35. The number of aromatic nitrogens is 2. The first-order valence-corrected chi connectivity index (χ1v) is 8.24. The second-order valence-electron chi connectivity index (χ2n) is 6.55. The first-order chi connectivity index (χ1) is 10.2. The van der Waals surface area contributed by atoms with Crippen LogP contribution in [0.5, 0.6) is 0 Å². The summed E-state index contributed by atoms with van der Waals surface area (Å²) in [6.45, 7) is 9.46. The highest BCUT2D eigenvalue weighted by atomic mass is 15.3. The molecule has 0 bridgehead atoms. The normalized spacial score (nSPS) is 23.4. The summed E-state index contributed by atoms with van der Waals surface area (Å²) in [5.74, 6) is 1.25. The van der Waals surface area contributed by atoms with Crippen molar-refractivity contribution >= 4 is 5.69 Å². The minimum atomic E-state index is 0.347. The first kappa shape index (κ1) is 14.7.